The Morgan fingerprint density at radius 1 is 1.05 bits per heavy atom. The lowest BCUT2D eigenvalue weighted by atomic mass is 10.1. The maximum Gasteiger partial charge on any atom is 0.115 e. The van der Waals surface area contributed by atoms with Gasteiger partial charge in [-0.3, -0.25) is 0 Å². The van der Waals surface area contributed by atoms with Gasteiger partial charge in [-0.05, 0) is 36.8 Å². The third-order valence-corrected chi connectivity index (χ3v) is 3.13. The van der Waals surface area contributed by atoms with Crippen molar-refractivity contribution in [2.24, 2.45) is 0 Å². The minimum Gasteiger partial charge on any atom is -0.508 e. The zero-order valence-corrected chi connectivity index (χ0v) is 11.6. The summed E-state index contributed by atoms with van der Waals surface area (Å²) in [5.41, 5.74) is 3.30. The molecule has 2 aromatic carbocycles. The molecule has 0 amide bonds. The first-order chi connectivity index (χ1) is 9.08. The third kappa shape index (κ3) is 3.19. The molecule has 0 heterocycles. The van der Waals surface area contributed by atoms with Crippen LogP contribution < -0.4 is 10.2 Å². The normalized spacial score (nSPS) is 11.9. The van der Waals surface area contributed by atoms with Crippen molar-refractivity contribution in [3.8, 4) is 5.75 Å². The Kier molecular flexibility index (Phi) is 3.95. The minimum atomic E-state index is 0.133. The van der Waals surface area contributed by atoms with Crippen LogP contribution in [0.25, 0.3) is 0 Å². The van der Waals surface area contributed by atoms with Crippen molar-refractivity contribution in [3.05, 3.63) is 54.1 Å². The summed E-state index contributed by atoms with van der Waals surface area (Å²) < 4.78 is 0. The molecule has 0 aliphatic carbocycles. The van der Waals surface area contributed by atoms with Crippen LogP contribution in [0.1, 0.15) is 18.5 Å². The van der Waals surface area contributed by atoms with E-state index in [2.05, 4.69) is 29.3 Å². The van der Waals surface area contributed by atoms with Gasteiger partial charge in [-0.1, -0.05) is 24.3 Å². The van der Waals surface area contributed by atoms with E-state index in [4.69, 9.17) is 0 Å². The van der Waals surface area contributed by atoms with Crippen LogP contribution in [0.3, 0.4) is 0 Å². The third-order valence-electron chi connectivity index (χ3n) is 3.13. The average molecular weight is 256 g/mol. The maximum absolute atomic E-state index is 9.53. The number of para-hydroxylation sites is 2. The fraction of sp³-hybridized carbons (Fsp3) is 0.250. The first kappa shape index (κ1) is 13.3. The van der Waals surface area contributed by atoms with Crippen molar-refractivity contribution in [1.82, 2.24) is 0 Å². The molecule has 3 nitrogen and oxygen atoms in total. The molecular formula is C16H20N2O. The average Bonchev–Trinajstić information content (AvgIpc) is 2.39. The number of benzene rings is 2. The molecule has 0 fully saturated rings. The van der Waals surface area contributed by atoms with Gasteiger partial charge in [0, 0.05) is 20.1 Å². The summed E-state index contributed by atoms with van der Waals surface area (Å²) in [6, 6.07) is 15.7. The molecule has 0 spiro atoms. The van der Waals surface area contributed by atoms with Crippen LogP contribution in [0.15, 0.2) is 48.5 Å². The Hall–Kier alpha value is -2.16. The minimum absolute atomic E-state index is 0.133. The molecule has 2 N–H and O–H groups in total. The van der Waals surface area contributed by atoms with E-state index < -0.39 is 0 Å². The van der Waals surface area contributed by atoms with Gasteiger partial charge in [0.25, 0.3) is 0 Å². The zero-order valence-electron chi connectivity index (χ0n) is 11.6. The van der Waals surface area contributed by atoms with E-state index >= 15 is 0 Å². The van der Waals surface area contributed by atoms with Crippen LogP contribution >= 0.6 is 0 Å². The zero-order chi connectivity index (χ0) is 13.8. The molecule has 100 valence electrons. The molecule has 0 aromatic heterocycles. The standard InChI is InChI=1S/C16H20N2O/c1-12(13-7-6-8-14(19)11-13)17-15-9-4-5-10-16(15)18(2)3/h4-12,17,19H,1-3H3. The van der Waals surface area contributed by atoms with E-state index in [-0.39, 0.29) is 6.04 Å². The molecule has 0 bridgehead atoms. The second-order valence-corrected chi connectivity index (χ2v) is 4.87. The van der Waals surface area contributed by atoms with Gasteiger partial charge >= 0.3 is 0 Å². The fourth-order valence-corrected chi connectivity index (χ4v) is 2.10. The fourth-order valence-electron chi connectivity index (χ4n) is 2.10. The summed E-state index contributed by atoms with van der Waals surface area (Å²) in [6.07, 6.45) is 0. The van der Waals surface area contributed by atoms with Crippen LogP contribution in [0, 0.1) is 0 Å². The number of aromatic hydroxyl groups is 1. The highest BCUT2D eigenvalue weighted by molar-refractivity contribution is 5.69. The highest BCUT2D eigenvalue weighted by Gasteiger charge is 2.09. The van der Waals surface area contributed by atoms with Crippen molar-refractivity contribution < 1.29 is 5.11 Å². The van der Waals surface area contributed by atoms with Crippen molar-refractivity contribution in [1.29, 1.82) is 0 Å². The highest BCUT2D eigenvalue weighted by Crippen LogP contribution is 2.28. The van der Waals surface area contributed by atoms with Gasteiger partial charge < -0.3 is 15.3 Å². The maximum atomic E-state index is 9.53. The summed E-state index contributed by atoms with van der Waals surface area (Å²) in [5, 5.41) is 13.0. The van der Waals surface area contributed by atoms with E-state index in [0.29, 0.717) is 5.75 Å². The number of phenolic OH excluding ortho intramolecular Hbond substituents is 1. The lowest BCUT2D eigenvalue weighted by Gasteiger charge is -2.22. The molecular weight excluding hydrogens is 236 g/mol. The summed E-state index contributed by atoms with van der Waals surface area (Å²) in [5.74, 6) is 0.298. The molecule has 0 saturated heterocycles. The molecule has 2 rings (SSSR count). The van der Waals surface area contributed by atoms with Crippen LogP contribution in [-0.2, 0) is 0 Å². The van der Waals surface area contributed by atoms with E-state index in [0.717, 1.165) is 16.9 Å². The number of phenols is 1. The molecule has 19 heavy (non-hydrogen) atoms. The molecule has 0 radical (unpaired) electrons. The predicted octanol–water partition coefficient (Wildman–Crippen LogP) is 3.63. The van der Waals surface area contributed by atoms with Gasteiger partial charge in [-0.2, -0.15) is 0 Å². The van der Waals surface area contributed by atoms with Gasteiger partial charge in [-0.25, -0.2) is 0 Å². The number of anilines is 2. The SMILES string of the molecule is CC(Nc1ccccc1N(C)C)c1cccc(O)c1. The van der Waals surface area contributed by atoms with E-state index in [1.165, 1.54) is 0 Å². The van der Waals surface area contributed by atoms with Gasteiger partial charge in [0.05, 0.1) is 11.4 Å². The Labute approximate surface area is 114 Å². The molecule has 1 unspecified atom stereocenters. The number of hydrogen-bond donors (Lipinski definition) is 2. The monoisotopic (exact) mass is 256 g/mol. The predicted molar refractivity (Wildman–Crippen MR) is 80.9 cm³/mol. The molecule has 1 atom stereocenters. The van der Waals surface area contributed by atoms with E-state index in [1.54, 1.807) is 12.1 Å². The quantitative estimate of drug-likeness (QED) is 0.876. The highest BCUT2D eigenvalue weighted by atomic mass is 16.3. The van der Waals surface area contributed by atoms with Crippen LogP contribution in [0.4, 0.5) is 11.4 Å². The molecule has 0 aliphatic rings. The number of nitrogens with one attached hydrogen (secondary N) is 1. The van der Waals surface area contributed by atoms with Crippen LogP contribution in [-0.4, -0.2) is 19.2 Å². The van der Waals surface area contributed by atoms with E-state index in [9.17, 15) is 5.11 Å². The second-order valence-electron chi connectivity index (χ2n) is 4.87. The Bertz CT molecular complexity index is 552. The van der Waals surface area contributed by atoms with E-state index in [1.807, 2.05) is 38.4 Å². The summed E-state index contributed by atoms with van der Waals surface area (Å²) in [7, 11) is 4.05. The molecule has 0 aliphatic heterocycles. The van der Waals surface area contributed by atoms with Gasteiger partial charge in [0.2, 0.25) is 0 Å². The molecule has 0 saturated carbocycles. The Morgan fingerprint density at radius 2 is 1.79 bits per heavy atom. The van der Waals surface area contributed by atoms with Crippen LogP contribution in [0.5, 0.6) is 5.75 Å². The molecule has 3 heteroatoms. The summed E-state index contributed by atoms with van der Waals surface area (Å²) in [6.45, 7) is 2.08. The second kappa shape index (κ2) is 5.65. The lowest BCUT2D eigenvalue weighted by molar-refractivity contribution is 0.474. The van der Waals surface area contributed by atoms with Crippen molar-refractivity contribution in [2.45, 2.75) is 13.0 Å². The molecule has 2 aromatic rings. The first-order valence-electron chi connectivity index (χ1n) is 6.40. The first-order valence-corrected chi connectivity index (χ1v) is 6.40. The summed E-state index contributed by atoms with van der Waals surface area (Å²) >= 11 is 0. The van der Waals surface area contributed by atoms with Gasteiger partial charge in [0.15, 0.2) is 0 Å². The number of nitrogens with zero attached hydrogens (tertiary/aromatic N) is 1. The van der Waals surface area contributed by atoms with Crippen molar-refractivity contribution in [3.63, 3.8) is 0 Å². The lowest BCUT2D eigenvalue weighted by Crippen LogP contribution is -2.14. The largest absolute Gasteiger partial charge is 0.508 e. The number of rotatable bonds is 4. The Morgan fingerprint density at radius 3 is 2.47 bits per heavy atom. The smallest absolute Gasteiger partial charge is 0.115 e. The van der Waals surface area contributed by atoms with Crippen molar-refractivity contribution >= 4 is 11.4 Å². The summed E-state index contributed by atoms with van der Waals surface area (Å²) in [4.78, 5) is 2.08. The van der Waals surface area contributed by atoms with Crippen molar-refractivity contribution in [2.75, 3.05) is 24.3 Å². The number of hydrogen-bond acceptors (Lipinski definition) is 3. The van der Waals surface area contributed by atoms with Gasteiger partial charge in [0.1, 0.15) is 5.75 Å². The topological polar surface area (TPSA) is 35.5 Å². The van der Waals surface area contributed by atoms with Gasteiger partial charge in [-0.15, -0.1) is 0 Å². The Balaban J connectivity index is 2.22. The van der Waals surface area contributed by atoms with Crippen LogP contribution in [0.2, 0.25) is 0 Å².